The molecule has 1 aromatic carbocycles. The van der Waals surface area contributed by atoms with E-state index in [-0.39, 0.29) is 30.7 Å². The van der Waals surface area contributed by atoms with Gasteiger partial charge in [0.1, 0.15) is 6.61 Å². The molecule has 0 unspecified atom stereocenters. The Labute approximate surface area is 125 Å². The van der Waals surface area contributed by atoms with E-state index in [1.807, 2.05) is 12.1 Å². The van der Waals surface area contributed by atoms with Gasteiger partial charge in [-0.05, 0) is 30.5 Å². The zero-order chi connectivity index (χ0) is 14.7. The summed E-state index contributed by atoms with van der Waals surface area (Å²) < 4.78 is 5.74. The van der Waals surface area contributed by atoms with E-state index in [9.17, 15) is 4.79 Å². The van der Waals surface area contributed by atoms with E-state index < -0.39 is 0 Å². The van der Waals surface area contributed by atoms with Gasteiger partial charge in [0.15, 0.2) is 0 Å². The Morgan fingerprint density at radius 2 is 2.33 bits per heavy atom. The first-order valence-electron chi connectivity index (χ1n) is 7.46. The third-order valence-electron chi connectivity index (χ3n) is 4.24. The predicted octanol–water partition coefficient (Wildman–Crippen LogP) is 1.17. The van der Waals surface area contributed by atoms with Crippen LogP contribution in [0.1, 0.15) is 30.0 Å². The number of terminal acetylenes is 1. The summed E-state index contributed by atoms with van der Waals surface area (Å²) in [5.41, 5.74) is 2.37. The van der Waals surface area contributed by atoms with E-state index in [4.69, 9.17) is 11.2 Å². The molecule has 4 heteroatoms. The van der Waals surface area contributed by atoms with Gasteiger partial charge in [-0.3, -0.25) is 4.79 Å². The molecule has 1 amide bonds. The summed E-state index contributed by atoms with van der Waals surface area (Å²) in [7, 11) is 0. The van der Waals surface area contributed by atoms with Gasteiger partial charge >= 0.3 is 0 Å². The van der Waals surface area contributed by atoms with E-state index in [2.05, 4.69) is 28.7 Å². The van der Waals surface area contributed by atoms with Crippen molar-refractivity contribution >= 4 is 5.91 Å². The minimum Gasteiger partial charge on any atom is -0.363 e. The zero-order valence-corrected chi connectivity index (χ0v) is 12.0. The Bertz CT molecular complexity index is 558. The van der Waals surface area contributed by atoms with Crippen molar-refractivity contribution in [3.63, 3.8) is 0 Å². The molecule has 21 heavy (non-hydrogen) atoms. The maximum atomic E-state index is 12.4. The van der Waals surface area contributed by atoms with Crippen molar-refractivity contribution in [1.82, 2.24) is 10.6 Å². The number of rotatable bonds is 4. The zero-order valence-electron chi connectivity index (χ0n) is 12.0. The van der Waals surface area contributed by atoms with Crippen molar-refractivity contribution in [1.29, 1.82) is 0 Å². The SMILES string of the molecule is C#CCO[C@H]1Cc2ccccc2[C@@H]1NC(=O)[C@@H]1CCCN1. The van der Waals surface area contributed by atoms with Gasteiger partial charge in [0.25, 0.3) is 0 Å². The maximum Gasteiger partial charge on any atom is 0.237 e. The highest BCUT2D eigenvalue weighted by Crippen LogP contribution is 2.33. The van der Waals surface area contributed by atoms with Crippen LogP contribution in [-0.4, -0.2) is 31.2 Å². The van der Waals surface area contributed by atoms with E-state index >= 15 is 0 Å². The van der Waals surface area contributed by atoms with Crippen LogP contribution in [0.4, 0.5) is 0 Å². The fourth-order valence-electron chi connectivity index (χ4n) is 3.20. The van der Waals surface area contributed by atoms with Crippen molar-refractivity contribution in [2.45, 2.75) is 37.5 Å². The summed E-state index contributed by atoms with van der Waals surface area (Å²) in [5, 5.41) is 6.37. The number of nitrogens with one attached hydrogen (secondary N) is 2. The van der Waals surface area contributed by atoms with Crippen molar-refractivity contribution in [2.75, 3.05) is 13.2 Å². The first kappa shape index (κ1) is 14.1. The second-order valence-corrected chi connectivity index (χ2v) is 5.59. The number of fused-ring (bicyclic) bond motifs is 1. The molecule has 3 rings (SSSR count). The first-order chi connectivity index (χ1) is 10.3. The van der Waals surface area contributed by atoms with E-state index in [0.29, 0.717) is 0 Å². The smallest absolute Gasteiger partial charge is 0.237 e. The van der Waals surface area contributed by atoms with Gasteiger partial charge in [0, 0.05) is 6.42 Å². The quantitative estimate of drug-likeness (QED) is 0.816. The molecule has 0 radical (unpaired) electrons. The number of hydrogen-bond donors (Lipinski definition) is 2. The largest absolute Gasteiger partial charge is 0.363 e. The Balaban J connectivity index is 1.75. The Morgan fingerprint density at radius 3 is 3.10 bits per heavy atom. The lowest BCUT2D eigenvalue weighted by Gasteiger charge is -2.23. The molecule has 1 aromatic rings. The van der Waals surface area contributed by atoms with Gasteiger partial charge in [-0.15, -0.1) is 6.42 Å². The van der Waals surface area contributed by atoms with E-state index in [1.54, 1.807) is 0 Å². The maximum absolute atomic E-state index is 12.4. The summed E-state index contributed by atoms with van der Waals surface area (Å²) in [6, 6.07) is 7.97. The fourth-order valence-corrected chi connectivity index (χ4v) is 3.20. The van der Waals surface area contributed by atoms with Crippen molar-refractivity contribution < 1.29 is 9.53 Å². The summed E-state index contributed by atoms with van der Waals surface area (Å²) in [6.07, 6.45) is 7.95. The summed E-state index contributed by atoms with van der Waals surface area (Å²) in [5.74, 6) is 2.56. The van der Waals surface area contributed by atoms with Gasteiger partial charge in [-0.1, -0.05) is 30.2 Å². The van der Waals surface area contributed by atoms with Crippen LogP contribution in [0.5, 0.6) is 0 Å². The third kappa shape index (κ3) is 2.94. The Kier molecular flexibility index (Phi) is 4.23. The highest BCUT2D eigenvalue weighted by Gasteiger charge is 2.35. The van der Waals surface area contributed by atoms with Crippen LogP contribution >= 0.6 is 0 Å². The van der Waals surface area contributed by atoms with Crippen molar-refractivity contribution in [3.8, 4) is 12.3 Å². The van der Waals surface area contributed by atoms with Crippen LogP contribution in [0.15, 0.2) is 24.3 Å². The van der Waals surface area contributed by atoms with Crippen molar-refractivity contribution in [3.05, 3.63) is 35.4 Å². The van der Waals surface area contributed by atoms with Gasteiger partial charge in [0.2, 0.25) is 5.91 Å². The molecule has 1 fully saturated rings. The monoisotopic (exact) mass is 284 g/mol. The first-order valence-corrected chi connectivity index (χ1v) is 7.46. The molecule has 4 nitrogen and oxygen atoms in total. The van der Waals surface area contributed by atoms with Gasteiger partial charge in [-0.25, -0.2) is 0 Å². The van der Waals surface area contributed by atoms with E-state index in [1.165, 1.54) is 5.56 Å². The average Bonchev–Trinajstić information content (AvgIpc) is 3.14. The molecule has 1 saturated heterocycles. The lowest BCUT2D eigenvalue weighted by molar-refractivity contribution is -0.124. The molecule has 0 aromatic heterocycles. The van der Waals surface area contributed by atoms with Crippen LogP contribution in [0.3, 0.4) is 0 Å². The number of carbonyl (C=O) groups is 1. The number of amides is 1. The second kappa shape index (κ2) is 6.30. The molecule has 1 aliphatic carbocycles. The minimum absolute atomic E-state index is 0.0588. The highest BCUT2D eigenvalue weighted by atomic mass is 16.5. The van der Waals surface area contributed by atoms with Crippen LogP contribution in [0.2, 0.25) is 0 Å². The molecule has 110 valence electrons. The van der Waals surface area contributed by atoms with Crippen LogP contribution in [-0.2, 0) is 16.0 Å². The lowest BCUT2D eigenvalue weighted by Crippen LogP contribution is -2.44. The summed E-state index contributed by atoms with van der Waals surface area (Å²) in [6.45, 7) is 1.18. The number of carbonyl (C=O) groups excluding carboxylic acids is 1. The molecule has 2 N–H and O–H groups in total. The molecule has 0 bridgehead atoms. The molecule has 0 saturated carbocycles. The molecule has 1 heterocycles. The van der Waals surface area contributed by atoms with Crippen LogP contribution in [0.25, 0.3) is 0 Å². The molecule has 0 spiro atoms. The summed E-state index contributed by atoms with van der Waals surface area (Å²) >= 11 is 0. The predicted molar refractivity (Wildman–Crippen MR) is 80.6 cm³/mol. The number of benzene rings is 1. The molecule has 2 aliphatic rings. The van der Waals surface area contributed by atoms with Crippen LogP contribution < -0.4 is 10.6 Å². The Hall–Kier alpha value is -1.83. The van der Waals surface area contributed by atoms with Gasteiger partial charge in [0.05, 0.1) is 18.2 Å². The van der Waals surface area contributed by atoms with Crippen molar-refractivity contribution in [2.24, 2.45) is 0 Å². The average molecular weight is 284 g/mol. The fraction of sp³-hybridized carbons (Fsp3) is 0.471. The third-order valence-corrected chi connectivity index (χ3v) is 4.24. The topological polar surface area (TPSA) is 50.4 Å². The molecular formula is C17H20N2O2. The molecular weight excluding hydrogens is 264 g/mol. The number of hydrogen-bond acceptors (Lipinski definition) is 3. The lowest BCUT2D eigenvalue weighted by atomic mass is 10.1. The highest BCUT2D eigenvalue weighted by molar-refractivity contribution is 5.82. The van der Waals surface area contributed by atoms with Gasteiger partial charge in [-0.2, -0.15) is 0 Å². The van der Waals surface area contributed by atoms with Gasteiger partial charge < -0.3 is 15.4 Å². The number of ether oxygens (including phenoxy) is 1. The normalized spacial score (nSPS) is 27.1. The van der Waals surface area contributed by atoms with E-state index in [0.717, 1.165) is 31.4 Å². The minimum atomic E-state index is -0.107. The van der Waals surface area contributed by atoms with Crippen LogP contribution in [0, 0.1) is 12.3 Å². The molecule has 1 aliphatic heterocycles. The summed E-state index contributed by atoms with van der Waals surface area (Å²) in [4.78, 5) is 12.4. The standard InChI is InChI=1S/C17H20N2O2/c1-2-10-21-15-11-12-6-3-4-7-13(12)16(15)19-17(20)14-8-5-9-18-14/h1,3-4,6-7,14-16,18H,5,8-11H2,(H,19,20)/t14-,15-,16-/m0/s1. The molecule has 3 atom stereocenters. The Morgan fingerprint density at radius 1 is 1.48 bits per heavy atom. The second-order valence-electron chi connectivity index (χ2n) is 5.59.